The zero-order valence-corrected chi connectivity index (χ0v) is 12.4. The molecule has 0 N–H and O–H groups in total. The van der Waals surface area contributed by atoms with Gasteiger partial charge >= 0.3 is 0 Å². The predicted molar refractivity (Wildman–Crippen MR) is 80.9 cm³/mol. The van der Waals surface area contributed by atoms with Crippen LogP contribution in [0.1, 0.15) is 44.7 Å². The molecule has 2 unspecified atom stereocenters. The lowest BCUT2D eigenvalue weighted by Gasteiger charge is -2.31. The van der Waals surface area contributed by atoms with E-state index in [2.05, 4.69) is 58.0 Å². The van der Waals surface area contributed by atoms with Gasteiger partial charge in [0, 0.05) is 5.92 Å². The van der Waals surface area contributed by atoms with Crippen molar-refractivity contribution >= 4 is 11.9 Å². The summed E-state index contributed by atoms with van der Waals surface area (Å²) in [5.74, 6) is 1.50. The number of ketones is 1. The molecule has 1 aliphatic carbocycles. The Hall–Kier alpha value is -1.37. The second-order valence-electron chi connectivity index (χ2n) is 6.20. The van der Waals surface area contributed by atoms with Crippen LogP contribution in [0, 0.1) is 24.7 Å². The van der Waals surface area contributed by atoms with Gasteiger partial charge in [-0.1, -0.05) is 50.6 Å². The van der Waals surface area contributed by atoms with E-state index in [-0.39, 0.29) is 5.92 Å². The fourth-order valence-electron chi connectivity index (χ4n) is 2.90. The van der Waals surface area contributed by atoms with Crippen molar-refractivity contribution in [2.75, 3.05) is 0 Å². The van der Waals surface area contributed by atoms with E-state index in [0.717, 1.165) is 24.0 Å². The highest BCUT2D eigenvalue weighted by atomic mass is 16.1. The van der Waals surface area contributed by atoms with Crippen LogP contribution in [0.2, 0.25) is 0 Å². The van der Waals surface area contributed by atoms with Crippen molar-refractivity contribution in [1.29, 1.82) is 0 Å². The zero-order chi connectivity index (χ0) is 14.0. The molecule has 0 aromatic heterocycles. The molecule has 0 saturated heterocycles. The van der Waals surface area contributed by atoms with Crippen LogP contribution in [0.5, 0.6) is 0 Å². The standard InChI is InChI=1S/C18H24O/c1-12(2)16-10-7-14(4)18(19)17(16)11-15-8-5-13(3)6-9-15/h5-6,8-9,11-12,14,16H,7,10H2,1-4H3/b17-11+. The maximum atomic E-state index is 12.4. The summed E-state index contributed by atoms with van der Waals surface area (Å²) in [5.41, 5.74) is 3.44. The van der Waals surface area contributed by atoms with Crippen LogP contribution in [0.3, 0.4) is 0 Å². The minimum absolute atomic E-state index is 0.187. The van der Waals surface area contributed by atoms with E-state index < -0.39 is 0 Å². The molecule has 1 nitrogen and oxygen atoms in total. The van der Waals surface area contributed by atoms with Gasteiger partial charge in [0.2, 0.25) is 0 Å². The summed E-state index contributed by atoms with van der Waals surface area (Å²) < 4.78 is 0. The van der Waals surface area contributed by atoms with Gasteiger partial charge in [0.05, 0.1) is 0 Å². The van der Waals surface area contributed by atoms with Crippen LogP contribution >= 0.6 is 0 Å². The van der Waals surface area contributed by atoms with Crippen LogP contribution in [0.4, 0.5) is 0 Å². The van der Waals surface area contributed by atoms with Crippen molar-refractivity contribution < 1.29 is 4.79 Å². The number of rotatable bonds is 2. The van der Waals surface area contributed by atoms with E-state index in [0.29, 0.717) is 17.6 Å². The number of benzene rings is 1. The highest BCUT2D eigenvalue weighted by Crippen LogP contribution is 2.36. The second-order valence-corrected chi connectivity index (χ2v) is 6.20. The highest BCUT2D eigenvalue weighted by molar-refractivity contribution is 6.02. The maximum absolute atomic E-state index is 12.4. The third-order valence-corrected chi connectivity index (χ3v) is 4.25. The van der Waals surface area contributed by atoms with Gasteiger partial charge in [-0.05, 0) is 48.8 Å². The molecule has 19 heavy (non-hydrogen) atoms. The molecule has 0 amide bonds. The van der Waals surface area contributed by atoms with Crippen molar-refractivity contribution in [1.82, 2.24) is 0 Å². The maximum Gasteiger partial charge on any atom is 0.161 e. The summed E-state index contributed by atoms with van der Waals surface area (Å²) in [6.07, 6.45) is 4.29. The van der Waals surface area contributed by atoms with Crippen molar-refractivity contribution in [2.45, 2.75) is 40.5 Å². The van der Waals surface area contributed by atoms with Crippen LogP contribution in [0.25, 0.3) is 6.08 Å². The van der Waals surface area contributed by atoms with Crippen LogP contribution < -0.4 is 0 Å². The van der Waals surface area contributed by atoms with Crippen LogP contribution in [0.15, 0.2) is 29.8 Å². The summed E-state index contributed by atoms with van der Waals surface area (Å²) in [6.45, 7) is 8.58. The first-order valence-corrected chi connectivity index (χ1v) is 7.31. The lowest BCUT2D eigenvalue weighted by Crippen LogP contribution is -2.28. The van der Waals surface area contributed by atoms with Gasteiger partial charge in [-0.25, -0.2) is 0 Å². The molecule has 1 aliphatic rings. The quantitative estimate of drug-likeness (QED) is 0.704. The minimum Gasteiger partial charge on any atom is -0.294 e. The number of Topliss-reactive ketones (excluding diaryl/α,β-unsaturated/α-hetero) is 1. The van der Waals surface area contributed by atoms with Crippen LogP contribution in [-0.2, 0) is 4.79 Å². The number of carbonyl (C=O) groups is 1. The Balaban J connectivity index is 2.35. The Morgan fingerprint density at radius 3 is 2.37 bits per heavy atom. The van der Waals surface area contributed by atoms with E-state index in [9.17, 15) is 4.79 Å². The predicted octanol–water partition coefficient (Wildman–Crippen LogP) is 4.65. The third kappa shape index (κ3) is 3.15. The highest BCUT2D eigenvalue weighted by Gasteiger charge is 2.32. The third-order valence-electron chi connectivity index (χ3n) is 4.25. The molecule has 0 heterocycles. The van der Waals surface area contributed by atoms with E-state index in [1.807, 2.05) is 0 Å². The first kappa shape index (κ1) is 14.0. The monoisotopic (exact) mass is 256 g/mol. The topological polar surface area (TPSA) is 17.1 Å². The van der Waals surface area contributed by atoms with Crippen molar-refractivity contribution in [3.8, 4) is 0 Å². The largest absolute Gasteiger partial charge is 0.294 e. The van der Waals surface area contributed by atoms with Crippen molar-refractivity contribution in [3.63, 3.8) is 0 Å². The Morgan fingerprint density at radius 2 is 1.79 bits per heavy atom. The van der Waals surface area contributed by atoms with E-state index in [4.69, 9.17) is 0 Å². The molecule has 2 atom stereocenters. The number of allylic oxidation sites excluding steroid dienone is 1. The summed E-state index contributed by atoms with van der Waals surface area (Å²) in [5, 5.41) is 0. The fourth-order valence-corrected chi connectivity index (χ4v) is 2.90. The molecule has 0 bridgehead atoms. The van der Waals surface area contributed by atoms with E-state index in [1.165, 1.54) is 5.56 Å². The first-order chi connectivity index (χ1) is 8.99. The van der Waals surface area contributed by atoms with Gasteiger partial charge in [0.15, 0.2) is 5.78 Å². The molecule has 1 heteroatoms. The van der Waals surface area contributed by atoms with Crippen LogP contribution in [-0.4, -0.2) is 5.78 Å². The minimum atomic E-state index is 0.187. The Kier molecular flexibility index (Phi) is 4.24. The molecule has 0 spiro atoms. The molecular weight excluding hydrogens is 232 g/mol. The van der Waals surface area contributed by atoms with Crippen molar-refractivity contribution in [2.24, 2.45) is 17.8 Å². The SMILES string of the molecule is Cc1ccc(/C=C2/C(=O)C(C)CCC2C(C)C)cc1. The summed E-state index contributed by atoms with van der Waals surface area (Å²) in [7, 11) is 0. The molecule has 2 rings (SSSR count). The molecule has 1 saturated carbocycles. The summed E-state index contributed by atoms with van der Waals surface area (Å²) in [4.78, 5) is 12.4. The lowest BCUT2D eigenvalue weighted by molar-refractivity contribution is -0.120. The second kappa shape index (κ2) is 5.73. The number of aryl methyl sites for hydroxylation is 1. The smallest absolute Gasteiger partial charge is 0.161 e. The van der Waals surface area contributed by atoms with Crippen molar-refractivity contribution in [3.05, 3.63) is 41.0 Å². The summed E-state index contributed by atoms with van der Waals surface area (Å²) in [6, 6.07) is 8.42. The normalized spacial score (nSPS) is 26.2. The van der Waals surface area contributed by atoms with E-state index in [1.54, 1.807) is 0 Å². The Morgan fingerprint density at radius 1 is 1.16 bits per heavy atom. The van der Waals surface area contributed by atoms with Gasteiger partial charge in [-0.2, -0.15) is 0 Å². The molecule has 0 aliphatic heterocycles. The molecule has 102 valence electrons. The average molecular weight is 256 g/mol. The van der Waals surface area contributed by atoms with Gasteiger partial charge < -0.3 is 0 Å². The molecule has 1 aromatic rings. The zero-order valence-electron chi connectivity index (χ0n) is 12.4. The molecule has 0 radical (unpaired) electrons. The van der Waals surface area contributed by atoms with Gasteiger partial charge in [-0.3, -0.25) is 4.79 Å². The molecular formula is C18H24O. The number of hydrogen-bond donors (Lipinski definition) is 0. The number of carbonyl (C=O) groups excluding carboxylic acids is 1. The fraction of sp³-hybridized carbons (Fsp3) is 0.500. The van der Waals surface area contributed by atoms with E-state index >= 15 is 0 Å². The molecule has 1 aromatic carbocycles. The first-order valence-electron chi connectivity index (χ1n) is 7.31. The average Bonchev–Trinajstić information content (AvgIpc) is 2.37. The van der Waals surface area contributed by atoms with Gasteiger partial charge in [0.25, 0.3) is 0 Å². The van der Waals surface area contributed by atoms with Gasteiger partial charge in [-0.15, -0.1) is 0 Å². The molecule has 1 fully saturated rings. The number of hydrogen-bond acceptors (Lipinski definition) is 1. The Labute approximate surface area is 116 Å². The summed E-state index contributed by atoms with van der Waals surface area (Å²) >= 11 is 0. The van der Waals surface area contributed by atoms with Gasteiger partial charge in [0.1, 0.15) is 0 Å². The lowest BCUT2D eigenvalue weighted by atomic mass is 9.72. The Bertz CT molecular complexity index is 479.